The maximum absolute atomic E-state index is 12.3. The minimum Gasteiger partial charge on any atom is -0.382 e. The molecule has 0 saturated heterocycles. The van der Waals surface area contributed by atoms with Crippen LogP contribution >= 0.6 is 11.3 Å². The second-order valence-corrected chi connectivity index (χ2v) is 6.49. The zero-order valence-corrected chi connectivity index (χ0v) is 14.4. The second-order valence-electron chi connectivity index (χ2n) is 5.43. The van der Waals surface area contributed by atoms with Gasteiger partial charge < -0.3 is 10.4 Å². The highest BCUT2D eigenvalue weighted by atomic mass is 32.1. The third-order valence-corrected chi connectivity index (χ3v) is 4.37. The first-order valence-electron chi connectivity index (χ1n) is 7.64. The van der Waals surface area contributed by atoms with Crippen molar-refractivity contribution in [1.82, 2.24) is 30.5 Å². The van der Waals surface area contributed by atoms with Gasteiger partial charge in [-0.05, 0) is 0 Å². The van der Waals surface area contributed by atoms with Gasteiger partial charge in [-0.25, -0.2) is 4.68 Å². The first kappa shape index (κ1) is 18.9. The van der Waals surface area contributed by atoms with Crippen LogP contribution in [0.25, 0.3) is 10.6 Å². The lowest BCUT2D eigenvalue weighted by atomic mass is 10.2. The van der Waals surface area contributed by atoms with Gasteiger partial charge in [0.15, 0.2) is 11.8 Å². The first-order valence-corrected chi connectivity index (χ1v) is 8.45. The molecule has 27 heavy (non-hydrogen) atoms. The maximum atomic E-state index is 12.3. The van der Waals surface area contributed by atoms with E-state index < -0.39 is 24.7 Å². The largest absolute Gasteiger partial charge is 0.416 e. The van der Waals surface area contributed by atoms with Gasteiger partial charge in [-0.15, -0.1) is 15.3 Å². The number of aromatic nitrogens is 5. The number of hydrogen-bond donors (Lipinski definition) is 2. The minimum atomic E-state index is -4.78. The molecule has 12 heteroatoms. The molecule has 0 fully saturated rings. The van der Waals surface area contributed by atoms with Crippen molar-refractivity contribution >= 4 is 17.2 Å². The third kappa shape index (κ3) is 4.86. The fourth-order valence-electron chi connectivity index (χ4n) is 2.04. The number of carbonyl (C=O) groups is 1. The lowest BCUT2D eigenvalue weighted by Gasteiger charge is -2.13. The van der Waals surface area contributed by atoms with Crippen molar-refractivity contribution in [1.29, 1.82) is 0 Å². The molecule has 1 amide bonds. The van der Waals surface area contributed by atoms with Crippen LogP contribution in [-0.2, 0) is 13.1 Å². The summed E-state index contributed by atoms with van der Waals surface area (Å²) in [5, 5.41) is 27.8. The zero-order chi connectivity index (χ0) is 19.4. The normalized spacial score (nSPS) is 12.7. The van der Waals surface area contributed by atoms with Crippen molar-refractivity contribution in [3.05, 3.63) is 47.2 Å². The van der Waals surface area contributed by atoms with Gasteiger partial charge in [-0.1, -0.05) is 46.9 Å². The highest BCUT2D eigenvalue weighted by molar-refractivity contribution is 7.14. The molecule has 0 radical (unpaired) electrons. The predicted octanol–water partition coefficient (Wildman–Crippen LogP) is 1.65. The molecule has 2 heterocycles. The number of rotatable bonds is 6. The van der Waals surface area contributed by atoms with E-state index in [0.29, 0.717) is 10.0 Å². The molecular formula is C15H13F3N6O2S. The van der Waals surface area contributed by atoms with Crippen molar-refractivity contribution in [2.24, 2.45) is 0 Å². The predicted molar refractivity (Wildman–Crippen MR) is 88.6 cm³/mol. The molecule has 0 aliphatic rings. The van der Waals surface area contributed by atoms with Gasteiger partial charge in [-0.2, -0.15) is 13.2 Å². The third-order valence-electron chi connectivity index (χ3n) is 3.40. The van der Waals surface area contributed by atoms with Crippen molar-refractivity contribution in [3.8, 4) is 10.6 Å². The number of nitrogens with zero attached hydrogens (tertiary/aromatic N) is 5. The van der Waals surface area contributed by atoms with Gasteiger partial charge in [0, 0.05) is 5.56 Å². The number of halogens is 3. The molecule has 142 valence electrons. The Hall–Kier alpha value is -2.86. The highest BCUT2D eigenvalue weighted by Crippen LogP contribution is 2.23. The standard InChI is InChI=1S/C15H13F3N6O2S/c16-15(17,18)11(25)8-24-7-10(20-23-24)13(26)19-6-12-21-22-14(27-12)9-4-2-1-3-5-9/h1-5,7,11,25H,6,8H2,(H,19,26). The summed E-state index contributed by atoms with van der Waals surface area (Å²) in [7, 11) is 0. The average Bonchev–Trinajstić information content (AvgIpc) is 3.29. The Labute approximate surface area is 154 Å². The zero-order valence-electron chi connectivity index (χ0n) is 13.6. The number of aliphatic hydroxyl groups excluding tert-OH is 1. The Balaban J connectivity index is 1.56. The van der Waals surface area contributed by atoms with E-state index in [4.69, 9.17) is 5.11 Å². The number of carbonyl (C=O) groups excluding carboxylic acids is 1. The van der Waals surface area contributed by atoms with Gasteiger partial charge in [0.25, 0.3) is 5.91 Å². The average molecular weight is 398 g/mol. The summed E-state index contributed by atoms with van der Waals surface area (Å²) in [5.41, 5.74) is 0.732. The minimum absolute atomic E-state index is 0.0847. The van der Waals surface area contributed by atoms with Crippen LogP contribution in [0.5, 0.6) is 0 Å². The molecule has 0 bridgehead atoms. The van der Waals surface area contributed by atoms with E-state index in [-0.39, 0.29) is 12.2 Å². The molecule has 2 N–H and O–H groups in total. The maximum Gasteiger partial charge on any atom is 0.416 e. The van der Waals surface area contributed by atoms with E-state index in [0.717, 1.165) is 16.4 Å². The molecule has 3 rings (SSSR count). The van der Waals surface area contributed by atoms with E-state index in [1.165, 1.54) is 11.3 Å². The van der Waals surface area contributed by atoms with Crippen LogP contribution in [0.2, 0.25) is 0 Å². The monoisotopic (exact) mass is 398 g/mol. The topological polar surface area (TPSA) is 106 Å². The molecule has 0 saturated carbocycles. The summed E-state index contributed by atoms with van der Waals surface area (Å²) in [6.07, 6.45) is -6.34. The van der Waals surface area contributed by atoms with Gasteiger partial charge in [-0.3, -0.25) is 4.79 Å². The Morgan fingerprint density at radius 2 is 1.96 bits per heavy atom. The number of amides is 1. The molecule has 2 aromatic heterocycles. The van der Waals surface area contributed by atoms with Crippen molar-refractivity contribution in [3.63, 3.8) is 0 Å². The van der Waals surface area contributed by atoms with E-state index in [1.807, 2.05) is 30.3 Å². The van der Waals surface area contributed by atoms with Crippen LogP contribution in [-0.4, -0.2) is 48.5 Å². The van der Waals surface area contributed by atoms with Crippen LogP contribution < -0.4 is 5.32 Å². The van der Waals surface area contributed by atoms with Crippen LogP contribution in [0.15, 0.2) is 36.5 Å². The van der Waals surface area contributed by atoms with E-state index in [1.54, 1.807) is 0 Å². The van der Waals surface area contributed by atoms with Crippen molar-refractivity contribution < 1.29 is 23.1 Å². The summed E-state index contributed by atoms with van der Waals surface area (Å²) >= 11 is 1.30. The fourth-order valence-corrected chi connectivity index (χ4v) is 2.83. The van der Waals surface area contributed by atoms with Crippen LogP contribution in [0, 0.1) is 0 Å². The number of alkyl halides is 3. The molecule has 1 unspecified atom stereocenters. The Kier molecular flexibility index (Phi) is 5.46. The Morgan fingerprint density at radius 1 is 1.22 bits per heavy atom. The quantitative estimate of drug-likeness (QED) is 0.654. The Bertz CT molecular complexity index is 912. The lowest BCUT2D eigenvalue weighted by Crippen LogP contribution is -2.33. The molecule has 8 nitrogen and oxygen atoms in total. The van der Waals surface area contributed by atoms with E-state index >= 15 is 0 Å². The molecule has 0 aliphatic carbocycles. The van der Waals surface area contributed by atoms with Gasteiger partial charge in [0.2, 0.25) is 0 Å². The fraction of sp³-hybridized carbons (Fsp3) is 0.267. The van der Waals surface area contributed by atoms with Crippen molar-refractivity contribution in [2.45, 2.75) is 25.4 Å². The van der Waals surface area contributed by atoms with E-state index in [9.17, 15) is 18.0 Å². The number of hydrogen-bond acceptors (Lipinski definition) is 7. The van der Waals surface area contributed by atoms with Crippen LogP contribution in [0.4, 0.5) is 13.2 Å². The summed E-state index contributed by atoms with van der Waals surface area (Å²) in [4.78, 5) is 12.0. The van der Waals surface area contributed by atoms with Crippen molar-refractivity contribution in [2.75, 3.05) is 0 Å². The number of aliphatic hydroxyl groups is 1. The van der Waals surface area contributed by atoms with E-state index in [2.05, 4.69) is 25.8 Å². The lowest BCUT2D eigenvalue weighted by molar-refractivity contribution is -0.208. The van der Waals surface area contributed by atoms with Crippen LogP contribution in [0.3, 0.4) is 0 Å². The molecule has 0 spiro atoms. The molecule has 1 aromatic carbocycles. The summed E-state index contributed by atoms with van der Waals surface area (Å²) in [5.74, 6) is -0.626. The first-order chi connectivity index (χ1) is 12.8. The van der Waals surface area contributed by atoms with Crippen LogP contribution in [0.1, 0.15) is 15.5 Å². The molecule has 1 atom stereocenters. The SMILES string of the molecule is O=C(NCc1nnc(-c2ccccc2)s1)c1cn(CC(O)C(F)(F)F)nn1. The van der Waals surface area contributed by atoms with Gasteiger partial charge in [0.1, 0.15) is 10.0 Å². The number of nitrogens with one attached hydrogen (secondary N) is 1. The summed E-state index contributed by atoms with van der Waals surface area (Å²) in [6, 6.07) is 9.40. The summed E-state index contributed by atoms with van der Waals surface area (Å²) in [6.45, 7) is -0.762. The Morgan fingerprint density at radius 3 is 2.67 bits per heavy atom. The molecule has 0 aliphatic heterocycles. The smallest absolute Gasteiger partial charge is 0.382 e. The molecular weight excluding hydrogens is 385 g/mol. The summed E-state index contributed by atoms with van der Waals surface area (Å²) < 4.78 is 37.7. The number of benzene rings is 1. The highest BCUT2D eigenvalue weighted by Gasteiger charge is 2.38. The van der Waals surface area contributed by atoms with Gasteiger partial charge in [0.05, 0.1) is 19.3 Å². The second kappa shape index (κ2) is 7.80. The molecule has 3 aromatic rings. The van der Waals surface area contributed by atoms with Gasteiger partial charge >= 0.3 is 6.18 Å².